The zero-order chi connectivity index (χ0) is 5.98. The van der Waals surface area contributed by atoms with Gasteiger partial charge in [-0.1, -0.05) is 18.2 Å². The van der Waals surface area contributed by atoms with Crippen LogP contribution in [0.15, 0.2) is 24.3 Å². The Bertz CT molecular complexity index is 165. The fraction of sp³-hybridized carbons (Fsp3) is 0.143. The third-order valence-corrected chi connectivity index (χ3v) is 1.08. The smallest absolute Gasteiger partial charge is 0.126 e. The summed E-state index contributed by atoms with van der Waals surface area (Å²) in [5.41, 5.74) is 0.701. The van der Waals surface area contributed by atoms with Crippen LogP contribution in [0.3, 0.4) is 0 Å². The maximum atomic E-state index is 12.3. The summed E-state index contributed by atoms with van der Waals surface area (Å²) in [5.74, 6) is -0.132. The quantitative estimate of drug-likeness (QED) is 0.609. The average molecular weight is 238 g/mol. The van der Waals surface area contributed by atoms with Crippen LogP contribution in [0.5, 0.6) is 0 Å². The van der Waals surface area contributed by atoms with Crippen molar-refractivity contribution in [1.82, 2.24) is 0 Å². The van der Waals surface area contributed by atoms with Crippen molar-refractivity contribution in [3.8, 4) is 0 Å². The van der Waals surface area contributed by atoms with Crippen LogP contribution in [-0.4, -0.2) is 0 Å². The first-order valence-electron chi connectivity index (χ1n) is 2.52. The molecule has 50 valence electrons. The molecule has 0 saturated heterocycles. The summed E-state index contributed by atoms with van der Waals surface area (Å²) < 4.78 is 12.3. The zero-order valence-electron chi connectivity index (χ0n) is 5.10. The summed E-state index contributed by atoms with van der Waals surface area (Å²) in [7, 11) is 0. The third kappa shape index (κ3) is 2.30. The lowest BCUT2D eigenvalue weighted by Gasteiger charge is -1.89. The van der Waals surface area contributed by atoms with Crippen molar-refractivity contribution < 1.29 is 4.39 Å². The number of aryl methyl sites for hydroxylation is 1. The van der Waals surface area contributed by atoms with Gasteiger partial charge in [-0.2, -0.15) is 0 Å². The van der Waals surface area contributed by atoms with E-state index < -0.39 is 0 Å². The minimum atomic E-state index is -0.132. The van der Waals surface area contributed by atoms with Crippen LogP contribution >= 0.6 is 24.0 Å². The minimum absolute atomic E-state index is 0. The van der Waals surface area contributed by atoms with E-state index in [-0.39, 0.29) is 29.8 Å². The zero-order valence-corrected chi connectivity index (χ0v) is 7.43. The van der Waals surface area contributed by atoms with Gasteiger partial charge in [-0.15, -0.1) is 24.0 Å². The van der Waals surface area contributed by atoms with E-state index in [9.17, 15) is 4.39 Å². The molecule has 2 heteroatoms. The summed E-state index contributed by atoms with van der Waals surface area (Å²) in [5, 5.41) is 0. The Labute approximate surface area is 71.1 Å². The van der Waals surface area contributed by atoms with Crippen LogP contribution in [0.25, 0.3) is 0 Å². The molecule has 0 atom stereocenters. The van der Waals surface area contributed by atoms with Crippen molar-refractivity contribution in [2.24, 2.45) is 0 Å². The number of rotatable bonds is 0. The molecule has 1 rings (SSSR count). The number of benzene rings is 1. The molecule has 0 bridgehead atoms. The Morgan fingerprint density at radius 2 is 1.78 bits per heavy atom. The molecule has 0 aliphatic carbocycles. The highest BCUT2D eigenvalue weighted by Crippen LogP contribution is 2.01. The second-order valence-corrected chi connectivity index (χ2v) is 1.75. The van der Waals surface area contributed by atoms with Gasteiger partial charge in [-0.05, 0) is 18.6 Å². The topological polar surface area (TPSA) is 0 Å². The molecular weight excluding hydrogens is 230 g/mol. The molecule has 0 radical (unpaired) electrons. The Morgan fingerprint density at radius 3 is 2.11 bits per heavy atom. The van der Waals surface area contributed by atoms with Crippen LogP contribution in [0.2, 0.25) is 0 Å². The lowest BCUT2D eigenvalue weighted by Crippen LogP contribution is -1.76. The first-order valence-corrected chi connectivity index (χ1v) is 2.52. The van der Waals surface area contributed by atoms with Gasteiger partial charge in [0, 0.05) is 0 Å². The molecule has 0 aromatic heterocycles. The minimum Gasteiger partial charge on any atom is -0.207 e. The summed E-state index contributed by atoms with van der Waals surface area (Å²) in [6.07, 6.45) is 0. The molecular formula is C7H8FI. The molecule has 0 spiro atoms. The van der Waals surface area contributed by atoms with E-state index in [0.29, 0.717) is 5.56 Å². The summed E-state index contributed by atoms with van der Waals surface area (Å²) in [6.45, 7) is 1.75. The number of hydrogen-bond acceptors (Lipinski definition) is 0. The van der Waals surface area contributed by atoms with Crippen molar-refractivity contribution in [3.05, 3.63) is 35.6 Å². The molecule has 9 heavy (non-hydrogen) atoms. The fourth-order valence-electron chi connectivity index (χ4n) is 0.551. The monoisotopic (exact) mass is 238 g/mol. The van der Waals surface area contributed by atoms with Crippen LogP contribution in [0.1, 0.15) is 5.56 Å². The lowest BCUT2D eigenvalue weighted by atomic mass is 10.2. The van der Waals surface area contributed by atoms with E-state index >= 15 is 0 Å². The van der Waals surface area contributed by atoms with Gasteiger partial charge in [0.2, 0.25) is 0 Å². The van der Waals surface area contributed by atoms with Gasteiger partial charge in [0.05, 0.1) is 0 Å². The maximum absolute atomic E-state index is 12.3. The van der Waals surface area contributed by atoms with Crippen molar-refractivity contribution >= 4 is 24.0 Å². The van der Waals surface area contributed by atoms with E-state index in [1.54, 1.807) is 19.1 Å². The third-order valence-electron chi connectivity index (χ3n) is 1.08. The first-order chi connectivity index (χ1) is 3.80. The van der Waals surface area contributed by atoms with Gasteiger partial charge in [-0.25, -0.2) is 4.39 Å². The molecule has 0 saturated carbocycles. The maximum Gasteiger partial charge on any atom is 0.126 e. The second-order valence-electron chi connectivity index (χ2n) is 1.75. The Hall–Kier alpha value is -0.120. The van der Waals surface area contributed by atoms with Crippen LogP contribution in [0.4, 0.5) is 4.39 Å². The normalized spacial score (nSPS) is 8.22. The highest BCUT2D eigenvalue weighted by Gasteiger charge is 1.88. The SMILES string of the molecule is Cc1ccccc1F.I. The van der Waals surface area contributed by atoms with E-state index in [4.69, 9.17) is 0 Å². The van der Waals surface area contributed by atoms with E-state index in [0.717, 1.165) is 0 Å². The number of halogens is 2. The Kier molecular flexibility index (Phi) is 3.77. The van der Waals surface area contributed by atoms with Gasteiger partial charge in [-0.3, -0.25) is 0 Å². The van der Waals surface area contributed by atoms with Crippen LogP contribution in [0, 0.1) is 12.7 Å². The Morgan fingerprint density at radius 1 is 1.22 bits per heavy atom. The highest BCUT2D eigenvalue weighted by molar-refractivity contribution is 14.0. The van der Waals surface area contributed by atoms with Gasteiger partial charge < -0.3 is 0 Å². The van der Waals surface area contributed by atoms with Crippen molar-refractivity contribution in [2.45, 2.75) is 6.92 Å². The molecule has 0 fully saturated rings. The lowest BCUT2D eigenvalue weighted by molar-refractivity contribution is 0.618. The van der Waals surface area contributed by atoms with E-state index in [1.807, 2.05) is 6.07 Å². The summed E-state index contributed by atoms with van der Waals surface area (Å²) in [4.78, 5) is 0. The standard InChI is InChI=1S/C7H7F.HI/c1-6-4-2-3-5-7(6)8;/h2-5H,1H3;1H. The van der Waals surface area contributed by atoms with Crippen molar-refractivity contribution in [3.63, 3.8) is 0 Å². The predicted molar refractivity (Wildman–Crippen MR) is 46.6 cm³/mol. The molecule has 0 amide bonds. The van der Waals surface area contributed by atoms with Gasteiger partial charge in [0.25, 0.3) is 0 Å². The van der Waals surface area contributed by atoms with Gasteiger partial charge in [0.15, 0.2) is 0 Å². The fourth-order valence-corrected chi connectivity index (χ4v) is 0.551. The van der Waals surface area contributed by atoms with Gasteiger partial charge >= 0.3 is 0 Å². The van der Waals surface area contributed by atoms with Crippen molar-refractivity contribution in [1.29, 1.82) is 0 Å². The Balaban J connectivity index is 0.000000640. The number of hydrogen-bond donors (Lipinski definition) is 0. The van der Waals surface area contributed by atoms with Crippen LogP contribution < -0.4 is 0 Å². The summed E-state index contributed by atoms with van der Waals surface area (Å²) in [6, 6.07) is 6.70. The second kappa shape index (κ2) is 3.82. The predicted octanol–water partition coefficient (Wildman–Crippen LogP) is 2.75. The molecule has 0 heterocycles. The summed E-state index contributed by atoms with van der Waals surface area (Å²) >= 11 is 0. The van der Waals surface area contributed by atoms with Gasteiger partial charge in [0.1, 0.15) is 5.82 Å². The van der Waals surface area contributed by atoms with Crippen molar-refractivity contribution in [2.75, 3.05) is 0 Å². The largest absolute Gasteiger partial charge is 0.207 e. The van der Waals surface area contributed by atoms with Crippen LogP contribution in [-0.2, 0) is 0 Å². The van der Waals surface area contributed by atoms with E-state index in [1.165, 1.54) is 6.07 Å². The first kappa shape index (κ1) is 8.88. The van der Waals surface area contributed by atoms with E-state index in [2.05, 4.69) is 0 Å². The molecule has 0 unspecified atom stereocenters. The molecule has 0 nitrogen and oxygen atoms in total. The molecule has 0 N–H and O–H groups in total. The molecule has 0 aliphatic heterocycles. The average Bonchev–Trinajstić information content (AvgIpc) is 1.77. The molecule has 1 aromatic rings. The molecule has 1 aromatic carbocycles. The molecule has 0 aliphatic rings. The highest BCUT2D eigenvalue weighted by atomic mass is 127.